The predicted octanol–water partition coefficient (Wildman–Crippen LogP) is 3.16. The third kappa shape index (κ3) is 5.76. The second-order valence-corrected chi connectivity index (χ2v) is 4.50. The average Bonchev–Trinajstić information content (AvgIpc) is 2.31. The van der Waals surface area contributed by atoms with Crippen molar-refractivity contribution in [2.45, 2.75) is 24.9 Å². The molecule has 108 valence electrons. The van der Waals surface area contributed by atoms with Crippen molar-refractivity contribution >= 4 is 11.6 Å². The van der Waals surface area contributed by atoms with Crippen LogP contribution in [0.2, 0.25) is 5.02 Å². The molecule has 1 atom stereocenters. The lowest BCUT2D eigenvalue weighted by Gasteiger charge is -2.17. The van der Waals surface area contributed by atoms with Gasteiger partial charge in [0.15, 0.2) is 0 Å². The SMILES string of the molecule is OC(COCC(F)(F)C(F)F)Cc1ccc(Cl)cc1. The molecule has 0 aliphatic carbocycles. The van der Waals surface area contributed by atoms with Crippen molar-refractivity contribution in [3.05, 3.63) is 34.9 Å². The van der Waals surface area contributed by atoms with Gasteiger partial charge in [0.05, 0.1) is 12.7 Å². The molecule has 0 amide bonds. The van der Waals surface area contributed by atoms with Gasteiger partial charge in [-0.2, -0.15) is 8.78 Å². The zero-order valence-corrected chi connectivity index (χ0v) is 10.6. The Labute approximate surface area is 112 Å². The van der Waals surface area contributed by atoms with Crippen molar-refractivity contribution in [3.8, 4) is 0 Å². The van der Waals surface area contributed by atoms with Crippen LogP contribution in [0.5, 0.6) is 0 Å². The molecule has 1 rings (SSSR count). The molecule has 0 heterocycles. The van der Waals surface area contributed by atoms with Crippen LogP contribution in [-0.4, -0.2) is 36.8 Å². The molecular formula is C12H13ClF4O2. The molecular weight excluding hydrogens is 288 g/mol. The molecule has 1 aromatic carbocycles. The number of rotatable bonds is 7. The lowest BCUT2D eigenvalue weighted by Crippen LogP contribution is -2.34. The number of halogens is 5. The Morgan fingerprint density at radius 3 is 2.32 bits per heavy atom. The third-order valence-electron chi connectivity index (χ3n) is 2.31. The second kappa shape index (κ2) is 7.07. The molecule has 19 heavy (non-hydrogen) atoms. The molecule has 1 unspecified atom stereocenters. The maximum atomic E-state index is 12.5. The number of aliphatic hydroxyl groups is 1. The fraction of sp³-hybridized carbons (Fsp3) is 0.500. The standard InChI is InChI=1S/C12H13ClF4O2/c13-9-3-1-8(2-4-9)5-10(18)6-19-7-12(16,17)11(14)15/h1-4,10-11,18H,5-7H2. The lowest BCUT2D eigenvalue weighted by molar-refractivity contribution is -0.170. The van der Waals surface area contributed by atoms with Gasteiger partial charge < -0.3 is 9.84 Å². The number of hydrogen-bond acceptors (Lipinski definition) is 2. The van der Waals surface area contributed by atoms with Crippen molar-refractivity contribution < 1.29 is 27.4 Å². The van der Waals surface area contributed by atoms with Crippen LogP contribution < -0.4 is 0 Å². The van der Waals surface area contributed by atoms with E-state index in [4.69, 9.17) is 11.6 Å². The summed E-state index contributed by atoms with van der Waals surface area (Å²) in [7, 11) is 0. The van der Waals surface area contributed by atoms with Crippen LogP contribution in [0, 0.1) is 0 Å². The van der Waals surface area contributed by atoms with Crippen LogP contribution in [0.25, 0.3) is 0 Å². The Morgan fingerprint density at radius 2 is 1.79 bits per heavy atom. The minimum Gasteiger partial charge on any atom is -0.390 e. The summed E-state index contributed by atoms with van der Waals surface area (Å²) in [6.07, 6.45) is -4.66. The maximum Gasteiger partial charge on any atom is 0.330 e. The van der Waals surface area contributed by atoms with Gasteiger partial charge in [-0.05, 0) is 17.7 Å². The van der Waals surface area contributed by atoms with Gasteiger partial charge in [-0.1, -0.05) is 23.7 Å². The zero-order valence-electron chi connectivity index (χ0n) is 9.83. The highest BCUT2D eigenvalue weighted by molar-refractivity contribution is 6.30. The van der Waals surface area contributed by atoms with E-state index >= 15 is 0 Å². The fourth-order valence-corrected chi connectivity index (χ4v) is 1.47. The fourth-order valence-electron chi connectivity index (χ4n) is 1.35. The number of ether oxygens (including phenoxy) is 1. The van der Waals surface area contributed by atoms with Crippen LogP contribution in [0.4, 0.5) is 17.6 Å². The van der Waals surface area contributed by atoms with Crippen LogP contribution in [0.1, 0.15) is 5.56 Å². The largest absolute Gasteiger partial charge is 0.390 e. The van der Waals surface area contributed by atoms with Crippen LogP contribution in [0.3, 0.4) is 0 Å². The highest BCUT2D eigenvalue weighted by atomic mass is 35.5. The smallest absolute Gasteiger partial charge is 0.330 e. The summed E-state index contributed by atoms with van der Waals surface area (Å²) in [6, 6.07) is 6.57. The summed E-state index contributed by atoms with van der Waals surface area (Å²) >= 11 is 5.67. The first-order chi connectivity index (χ1) is 8.81. The Kier molecular flexibility index (Phi) is 6.03. The van der Waals surface area contributed by atoms with Crippen molar-refractivity contribution in [2.24, 2.45) is 0 Å². The van der Waals surface area contributed by atoms with Crippen LogP contribution in [0.15, 0.2) is 24.3 Å². The molecule has 0 radical (unpaired) electrons. The molecule has 0 fully saturated rings. The van der Waals surface area contributed by atoms with Crippen molar-refractivity contribution in [2.75, 3.05) is 13.2 Å². The van der Waals surface area contributed by atoms with Gasteiger partial charge in [-0.25, -0.2) is 8.78 Å². The van der Waals surface area contributed by atoms with E-state index in [9.17, 15) is 22.7 Å². The number of aliphatic hydroxyl groups excluding tert-OH is 1. The van der Waals surface area contributed by atoms with Gasteiger partial charge in [0.2, 0.25) is 0 Å². The molecule has 0 aliphatic heterocycles. The van der Waals surface area contributed by atoms with Crippen LogP contribution in [-0.2, 0) is 11.2 Å². The van der Waals surface area contributed by atoms with E-state index in [0.717, 1.165) is 5.56 Å². The summed E-state index contributed by atoms with van der Waals surface area (Å²) < 4.78 is 53.0. The van der Waals surface area contributed by atoms with Gasteiger partial charge in [-0.15, -0.1) is 0 Å². The minimum absolute atomic E-state index is 0.164. The van der Waals surface area contributed by atoms with Gasteiger partial charge in [-0.3, -0.25) is 0 Å². The summed E-state index contributed by atoms with van der Waals surface area (Å²) in [5.41, 5.74) is 0.737. The summed E-state index contributed by atoms with van der Waals surface area (Å²) in [6.45, 7) is -1.85. The summed E-state index contributed by atoms with van der Waals surface area (Å²) in [5, 5.41) is 10.1. The Bertz CT molecular complexity index is 384. The van der Waals surface area contributed by atoms with E-state index < -0.39 is 31.7 Å². The molecule has 2 nitrogen and oxygen atoms in total. The maximum absolute atomic E-state index is 12.5. The molecule has 0 spiro atoms. The Balaban J connectivity index is 2.32. The number of benzene rings is 1. The van der Waals surface area contributed by atoms with Gasteiger partial charge in [0.25, 0.3) is 0 Å². The highest BCUT2D eigenvalue weighted by Crippen LogP contribution is 2.23. The third-order valence-corrected chi connectivity index (χ3v) is 2.56. The van der Waals surface area contributed by atoms with E-state index in [1.807, 2.05) is 0 Å². The first-order valence-corrected chi connectivity index (χ1v) is 5.85. The normalized spacial score (nSPS) is 13.8. The first-order valence-electron chi connectivity index (χ1n) is 5.47. The van der Waals surface area contributed by atoms with Gasteiger partial charge >= 0.3 is 12.3 Å². The Morgan fingerprint density at radius 1 is 1.21 bits per heavy atom. The topological polar surface area (TPSA) is 29.5 Å². The van der Waals surface area contributed by atoms with Gasteiger partial charge in [0.1, 0.15) is 6.61 Å². The monoisotopic (exact) mass is 300 g/mol. The predicted molar refractivity (Wildman–Crippen MR) is 62.9 cm³/mol. The molecule has 1 aromatic rings. The lowest BCUT2D eigenvalue weighted by atomic mass is 10.1. The second-order valence-electron chi connectivity index (χ2n) is 4.06. The number of hydrogen-bond donors (Lipinski definition) is 1. The van der Waals surface area contributed by atoms with Crippen molar-refractivity contribution in [1.29, 1.82) is 0 Å². The Hall–Kier alpha value is -0.850. The van der Waals surface area contributed by atoms with E-state index in [0.29, 0.717) is 5.02 Å². The highest BCUT2D eigenvalue weighted by Gasteiger charge is 2.41. The zero-order chi connectivity index (χ0) is 14.5. The average molecular weight is 301 g/mol. The van der Waals surface area contributed by atoms with Crippen LogP contribution >= 0.6 is 11.6 Å². The molecule has 0 aromatic heterocycles. The van der Waals surface area contributed by atoms with Crippen molar-refractivity contribution in [1.82, 2.24) is 0 Å². The summed E-state index contributed by atoms with van der Waals surface area (Å²) in [5.74, 6) is -4.19. The van der Waals surface area contributed by atoms with E-state index in [-0.39, 0.29) is 6.42 Å². The molecule has 0 saturated carbocycles. The van der Waals surface area contributed by atoms with E-state index in [1.54, 1.807) is 24.3 Å². The van der Waals surface area contributed by atoms with Crippen molar-refractivity contribution in [3.63, 3.8) is 0 Å². The van der Waals surface area contributed by atoms with Gasteiger partial charge in [0, 0.05) is 11.4 Å². The quantitative estimate of drug-likeness (QED) is 0.784. The molecule has 7 heteroatoms. The molecule has 1 N–H and O–H groups in total. The molecule has 0 aliphatic rings. The molecule has 0 saturated heterocycles. The minimum atomic E-state index is -4.19. The number of alkyl halides is 4. The van der Waals surface area contributed by atoms with E-state index in [1.165, 1.54) is 0 Å². The summed E-state index contributed by atoms with van der Waals surface area (Å²) in [4.78, 5) is 0. The first kappa shape index (κ1) is 16.2. The molecule has 0 bridgehead atoms. The van der Waals surface area contributed by atoms with E-state index in [2.05, 4.69) is 4.74 Å².